The molecule has 0 heterocycles. The van der Waals surface area contributed by atoms with E-state index in [9.17, 15) is 53.1 Å². The van der Waals surface area contributed by atoms with Crippen molar-refractivity contribution in [2.24, 2.45) is 0 Å². The summed E-state index contributed by atoms with van der Waals surface area (Å²) < 4.78 is 141. The molecule has 25 heavy (non-hydrogen) atoms. The maximum absolute atomic E-state index is 13.5. The van der Waals surface area contributed by atoms with Crippen LogP contribution >= 0.6 is 58.0 Å². The highest BCUT2D eigenvalue weighted by molar-refractivity contribution is 6.71. The normalized spacial score (nSPS) is 18.1. The molecule has 0 bridgehead atoms. The number of halogens is 16. The predicted molar refractivity (Wildman–Crippen MR) is 65.6 cm³/mol. The summed E-state index contributed by atoms with van der Waals surface area (Å²) in [6, 6.07) is 0. The third-order valence-electron chi connectivity index (χ3n) is 2.57. The van der Waals surface area contributed by atoms with Gasteiger partial charge in [-0.05, 0) is 11.6 Å². The van der Waals surface area contributed by atoms with Crippen LogP contribution in [0.4, 0.5) is 48.3 Å². The summed E-state index contributed by atoms with van der Waals surface area (Å²) in [7, 11) is 0. The van der Waals surface area contributed by atoms with Gasteiger partial charge in [0.1, 0.15) is 0 Å². The lowest BCUT2D eigenvalue weighted by atomic mass is 9.92. The van der Waals surface area contributed by atoms with Crippen LogP contribution in [0.2, 0.25) is 0 Å². The summed E-state index contributed by atoms with van der Waals surface area (Å²) in [6.45, 7) is 0. The number of hydrogen-bond donors (Lipinski definition) is 0. The Hall–Kier alpha value is 0.350. The molecule has 0 aliphatic rings. The van der Waals surface area contributed by atoms with E-state index in [1.54, 1.807) is 0 Å². The minimum absolute atomic E-state index is 3.60. The van der Waals surface area contributed by atoms with E-state index in [1.807, 2.05) is 0 Å². The van der Waals surface area contributed by atoms with Crippen LogP contribution in [0.1, 0.15) is 0 Å². The fourth-order valence-corrected chi connectivity index (χ4v) is 1.68. The standard InChI is InChI=1S/C8Cl5F11O/c9-1(25)2(14,15)4(17,18)6(21,22)7(23,24)5(19,20)3(10,16)8(11,12)13. The van der Waals surface area contributed by atoms with Crippen molar-refractivity contribution in [1.29, 1.82) is 0 Å². The molecular formula is C8Cl5F11O. The second kappa shape index (κ2) is 6.46. The van der Waals surface area contributed by atoms with Crippen LogP contribution in [0.5, 0.6) is 0 Å². The van der Waals surface area contributed by atoms with Gasteiger partial charge in [-0.2, -0.15) is 43.9 Å². The van der Waals surface area contributed by atoms with E-state index >= 15 is 0 Å². The summed E-state index contributed by atoms with van der Waals surface area (Å²) in [5.41, 5.74) is 0. The summed E-state index contributed by atoms with van der Waals surface area (Å²) in [5, 5.41) is -9.39. The SMILES string of the molecule is O=C(Cl)C(F)(F)C(F)(F)C(F)(F)C(F)(F)C(F)(F)C(F)(Cl)C(Cl)(Cl)Cl. The minimum atomic E-state index is -7.81. The molecule has 0 fully saturated rings. The molecule has 0 aromatic rings. The van der Waals surface area contributed by atoms with Crippen molar-refractivity contribution < 1.29 is 53.1 Å². The Balaban J connectivity index is 6.55. The van der Waals surface area contributed by atoms with E-state index in [2.05, 4.69) is 58.0 Å². The van der Waals surface area contributed by atoms with Crippen molar-refractivity contribution in [1.82, 2.24) is 0 Å². The van der Waals surface area contributed by atoms with E-state index in [0.29, 0.717) is 0 Å². The Morgan fingerprint density at radius 2 is 0.840 bits per heavy atom. The number of carbonyl (C=O) groups is 1. The average Bonchev–Trinajstić information content (AvgIpc) is 2.35. The molecule has 0 radical (unpaired) electrons. The van der Waals surface area contributed by atoms with Crippen LogP contribution in [0, 0.1) is 0 Å². The van der Waals surface area contributed by atoms with Crippen LogP contribution in [0.15, 0.2) is 0 Å². The molecule has 0 saturated carbocycles. The lowest BCUT2D eigenvalue weighted by molar-refractivity contribution is -0.403. The summed E-state index contributed by atoms with van der Waals surface area (Å²) >= 11 is 21.5. The van der Waals surface area contributed by atoms with Crippen LogP contribution < -0.4 is 0 Å². The van der Waals surface area contributed by atoms with Crippen LogP contribution in [-0.4, -0.2) is 43.8 Å². The first kappa shape index (κ1) is 25.4. The first-order valence-electron chi connectivity index (χ1n) is 4.98. The molecule has 0 rings (SSSR count). The van der Waals surface area contributed by atoms with Crippen molar-refractivity contribution in [3.63, 3.8) is 0 Å². The zero-order chi connectivity index (χ0) is 21.1. The summed E-state index contributed by atoms with van der Waals surface area (Å²) in [5.74, 6) is -37.0. The van der Waals surface area contributed by atoms with Crippen molar-refractivity contribution in [3.8, 4) is 0 Å². The molecule has 0 N–H and O–H groups in total. The highest BCUT2D eigenvalue weighted by atomic mass is 35.6. The topological polar surface area (TPSA) is 17.1 Å². The predicted octanol–water partition coefficient (Wildman–Crippen LogP) is 6.20. The molecule has 0 saturated heterocycles. The van der Waals surface area contributed by atoms with Crippen molar-refractivity contribution >= 4 is 63.2 Å². The largest absolute Gasteiger partial charge is 0.388 e. The number of carbonyl (C=O) groups excluding carboxylic acids is 1. The van der Waals surface area contributed by atoms with Crippen molar-refractivity contribution in [3.05, 3.63) is 0 Å². The molecule has 0 aliphatic heterocycles. The van der Waals surface area contributed by atoms with Gasteiger partial charge >= 0.3 is 29.6 Å². The van der Waals surface area contributed by atoms with Gasteiger partial charge in [0.25, 0.3) is 10.4 Å². The molecule has 0 spiro atoms. The maximum Gasteiger partial charge on any atom is 0.388 e. The average molecular weight is 498 g/mol. The molecule has 0 amide bonds. The quantitative estimate of drug-likeness (QED) is 0.242. The van der Waals surface area contributed by atoms with Gasteiger partial charge < -0.3 is 0 Å². The molecule has 1 unspecified atom stereocenters. The smallest absolute Gasteiger partial charge is 0.274 e. The Morgan fingerprint density at radius 1 is 0.560 bits per heavy atom. The molecule has 1 nitrogen and oxygen atoms in total. The highest BCUT2D eigenvalue weighted by Gasteiger charge is 2.91. The Labute approximate surface area is 155 Å². The van der Waals surface area contributed by atoms with Crippen molar-refractivity contribution in [2.75, 3.05) is 0 Å². The van der Waals surface area contributed by atoms with Gasteiger partial charge in [-0.25, -0.2) is 4.39 Å². The zero-order valence-corrected chi connectivity index (χ0v) is 14.2. The minimum Gasteiger partial charge on any atom is -0.274 e. The second-order valence-corrected chi connectivity index (χ2v) is 7.36. The van der Waals surface area contributed by atoms with Gasteiger partial charge in [0.15, 0.2) is 0 Å². The van der Waals surface area contributed by atoms with Crippen molar-refractivity contribution in [2.45, 2.75) is 38.5 Å². The Bertz CT molecular complexity index is 541. The number of alkyl halides is 15. The second-order valence-electron chi connectivity index (χ2n) is 4.22. The first-order valence-corrected chi connectivity index (χ1v) is 6.87. The maximum atomic E-state index is 13.5. The summed E-state index contributed by atoms with van der Waals surface area (Å²) in [6.07, 6.45) is 0. The molecular weight excluding hydrogens is 498 g/mol. The Kier molecular flexibility index (Phi) is 6.55. The molecule has 0 aromatic carbocycles. The fraction of sp³-hybridized carbons (Fsp3) is 0.875. The molecule has 1 atom stereocenters. The van der Waals surface area contributed by atoms with E-state index in [-0.39, 0.29) is 0 Å². The van der Waals surface area contributed by atoms with Crippen LogP contribution in [0.3, 0.4) is 0 Å². The van der Waals surface area contributed by atoms with E-state index in [0.717, 1.165) is 0 Å². The van der Waals surface area contributed by atoms with E-state index in [1.165, 1.54) is 0 Å². The van der Waals surface area contributed by atoms with Crippen LogP contribution in [-0.2, 0) is 4.79 Å². The summed E-state index contributed by atoms with van der Waals surface area (Å²) in [4.78, 5) is 10.1. The fourth-order valence-electron chi connectivity index (χ4n) is 1.09. The lowest BCUT2D eigenvalue weighted by Crippen LogP contribution is -2.72. The molecule has 150 valence electrons. The monoisotopic (exact) mass is 496 g/mol. The van der Waals surface area contributed by atoms with Gasteiger partial charge in [-0.15, -0.1) is 0 Å². The van der Waals surface area contributed by atoms with E-state index in [4.69, 9.17) is 0 Å². The molecule has 0 aromatic heterocycles. The van der Waals surface area contributed by atoms with E-state index < -0.39 is 43.8 Å². The van der Waals surface area contributed by atoms with Gasteiger partial charge in [-0.1, -0.05) is 46.4 Å². The van der Waals surface area contributed by atoms with Gasteiger partial charge in [0.2, 0.25) is 3.79 Å². The molecule has 0 aliphatic carbocycles. The molecule has 17 heteroatoms. The first-order chi connectivity index (χ1) is 10.4. The zero-order valence-electron chi connectivity index (χ0n) is 10.5. The number of hydrogen-bond acceptors (Lipinski definition) is 1. The number of rotatable bonds is 6. The third-order valence-corrected chi connectivity index (χ3v) is 4.40. The Morgan fingerprint density at radius 3 is 1.08 bits per heavy atom. The lowest BCUT2D eigenvalue weighted by Gasteiger charge is -2.42. The van der Waals surface area contributed by atoms with Gasteiger partial charge in [-0.3, -0.25) is 4.79 Å². The van der Waals surface area contributed by atoms with Crippen LogP contribution in [0.25, 0.3) is 0 Å². The highest BCUT2D eigenvalue weighted by Crippen LogP contribution is 2.64. The van der Waals surface area contributed by atoms with Gasteiger partial charge in [0.05, 0.1) is 0 Å². The third kappa shape index (κ3) is 3.34. The van der Waals surface area contributed by atoms with Gasteiger partial charge in [0, 0.05) is 0 Å².